The third-order valence-corrected chi connectivity index (χ3v) is 3.24. The van der Waals surface area contributed by atoms with Crippen molar-refractivity contribution in [1.82, 2.24) is 5.32 Å². The van der Waals surface area contributed by atoms with Crippen LogP contribution >= 0.6 is 10.2 Å². The van der Waals surface area contributed by atoms with Crippen LogP contribution in [0.4, 0.5) is 24.2 Å². The number of alkyl carbamates (subject to hydrolysis) is 1. The molecule has 0 aliphatic rings. The second-order valence-electron chi connectivity index (χ2n) is 3.69. The molecule has 1 aromatic rings. The molecule has 0 aliphatic heterocycles. The Morgan fingerprint density at radius 2 is 1.68 bits per heavy atom. The quantitative estimate of drug-likeness (QED) is 0.826. The topological polar surface area (TPSA) is 38.3 Å². The van der Waals surface area contributed by atoms with E-state index in [0.29, 0.717) is 12.1 Å². The van der Waals surface area contributed by atoms with E-state index in [0.717, 1.165) is 12.1 Å². The average Bonchev–Trinajstić information content (AvgIpc) is 2.24. The molecule has 0 spiro atoms. The van der Waals surface area contributed by atoms with Gasteiger partial charge in [-0.25, -0.2) is 4.79 Å². The number of rotatable bonds is 4. The molecule has 3 nitrogen and oxygen atoms in total. The minimum Gasteiger partial charge on any atom is -0.450 e. The highest BCUT2D eigenvalue weighted by Gasteiger charge is 2.65. The van der Waals surface area contributed by atoms with Gasteiger partial charge >= 0.3 is 16.3 Å². The molecule has 0 saturated carbocycles. The van der Waals surface area contributed by atoms with Gasteiger partial charge in [0, 0.05) is 6.54 Å². The van der Waals surface area contributed by atoms with E-state index >= 15 is 0 Å². The molecule has 0 bridgehead atoms. The fraction of sp³-hybridized carbons (Fsp3) is 0.300. The van der Waals surface area contributed by atoms with Crippen molar-refractivity contribution in [3.05, 3.63) is 29.8 Å². The number of carbonyl (C=O) groups excluding carboxylic acids is 1. The van der Waals surface area contributed by atoms with Crippen molar-refractivity contribution in [2.75, 3.05) is 6.61 Å². The van der Waals surface area contributed by atoms with Gasteiger partial charge in [0.15, 0.2) is 0 Å². The van der Waals surface area contributed by atoms with Crippen LogP contribution in [0, 0.1) is 0 Å². The predicted molar refractivity (Wildman–Crippen MR) is 61.7 cm³/mol. The molecule has 9 heteroatoms. The summed E-state index contributed by atoms with van der Waals surface area (Å²) in [6, 6.07) is 2.34. The number of benzene rings is 1. The predicted octanol–water partition coefficient (Wildman–Crippen LogP) is 4.59. The monoisotopic (exact) mass is 305 g/mol. The maximum Gasteiger partial charge on any atom is 0.407 e. The van der Waals surface area contributed by atoms with Crippen molar-refractivity contribution in [2.45, 2.75) is 18.4 Å². The second kappa shape index (κ2) is 4.26. The SMILES string of the molecule is CCOC(=O)NCc1ccc(S(F)(F)(F)(F)F)cc1. The largest absolute Gasteiger partial charge is 0.450 e. The van der Waals surface area contributed by atoms with Gasteiger partial charge in [0.1, 0.15) is 4.90 Å². The van der Waals surface area contributed by atoms with Crippen molar-refractivity contribution in [3.8, 4) is 0 Å². The summed E-state index contributed by atoms with van der Waals surface area (Å²) in [6.07, 6.45) is -0.737. The first-order valence-electron chi connectivity index (χ1n) is 5.16. The molecule has 0 unspecified atom stereocenters. The fourth-order valence-electron chi connectivity index (χ4n) is 1.22. The van der Waals surface area contributed by atoms with Gasteiger partial charge in [-0.05, 0) is 24.6 Å². The highest BCUT2D eigenvalue weighted by molar-refractivity contribution is 8.45. The van der Waals surface area contributed by atoms with Crippen LogP contribution in [0.2, 0.25) is 0 Å². The Kier molecular flexibility index (Phi) is 3.48. The number of hydrogen-bond acceptors (Lipinski definition) is 2. The van der Waals surface area contributed by atoms with Crippen molar-refractivity contribution < 1.29 is 29.0 Å². The Hall–Kier alpha value is -1.51. The van der Waals surface area contributed by atoms with Crippen LogP contribution < -0.4 is 5.32 Å². The Morgan fingerprint density at radius 3 is 2.11 bits per heavy atom. The molecule has 0 fully saturated rings. The molecule has 1 N–H and O–H groups in total. The molecule has 0 saturated heterocycles. The van der Waals surface area contributed by atoms with Crippen LogP contribution in [-0.4, -0.2) is 12.7 Å². The Bertz CT molecular complexity index is 470. The molecule has 0 aromatic heterocycles. The van der Waals surface area contributed by atoms with E-state index in [9.17, 15) is 24.2 Å². The maximum atomic E-state index is 12.4. The summed E-state index contributed by atoms with van der Waals surface area (Å²) in [6.45, 7) is 1.62. The molecule has 1 amide bonds. The minimum absolute atomic E-state index is 0.112. The summed E-state index contributed by atoms with van der Waals surface area (Å²) in [5.74, 6) is 0. The van der Waals surface area contributed by atoms with E-state index in [-0.39, 0.29) is 18.7 Å². The van der Waals surface area contributed by atoms with Gasteiger partial charge in [0.2, 0.25) is 0 Å². The third kappa shape index (κ3) is 4.93. The fourth-order valence-corrected chi connectivity index (χ4v) is 1.87. The molecular weight excluding hydrogens is 293 g/mol. The minimum atomic E-state index is -9.63. The van der Waals surface area contributed by atoms with Crippen molar-refractivity contribution in [1.29, 1.82) is 0 Å². The second-order valence-corrected chi connectivity index (χ2v) is 6.10. The molecule has 1 rings (SSSR count). The van der Waals surface area contributed by atoms with Crippen molar-refractivity contribution >= 4 is 16.3 Å². The zero-order valence-corrected chi connectivity index (χ0v) is 10.7. The van der Waals surface area contributed by atoms with Gasteiger partial charge in [-0.2, -0.15) is 0 Å². The summed E-state index contributed by atoms with van der Waals surface area (Å²) in [7, 11) is -9.63. The first-order chi connectivity index (χ1) is 8.42. The third-order valence-electron chi connectivity index (χ3n) is 2.08. The Balaban J connectivity index is 2.77. The van der Waals surface area contributed by atoms with E-state index < -0.39 is 21.2 Å². The van der Waals surface area contributed by atoms with Crippen LogP contribution in [0.5, 0.6) is 0 Å². The normalized spacial score (nSPS) is 15.3. The van der Waals surface area contributed by atoms with Crippen molar-refractivity contribution in [3.63, 3.8) is 0 Å². The highest BCUT2D eigenvalue weighted by atomic mass is 32.5. The number of amides is 1. The van der Waals surface area contributed by atoms with Crippen LogP contribution in [0.25, 0.3) is 0 Å². The van der Waals surface area contributed by atoms with Gasteiger partial charge in [-0.1, -0.05) is 31.6 Å². The number of ether oxygens (including phenoxy) is 1. The number of nitrogens with one attached hydrogen (secondary N) is 1. The molecule has 0 heterocycles. The van der Waals surface area contributed by atoms with Gasteiger partial charge in [0.25, 0.3) is 0 Å². The smallest absolute Gasteiger partial charge is 0.407 e. The van der Waals surface area contributed by atoms with E-state index in [1.165, 1.54) is 0 Å². The van der Waals surface area contributed by atoms with Gasteiger partial charge in [0.05, 0.1) is 6.61 Å². The Morgan fingerprint density at radius 1 is 1.16 bits per heavy atom. The summed E-state index contributed by atoms with van der Waals surface area (Å²) in [5, 5.41) is 2.26. The standard InChI is InChI=1S/C10H12F5NO2S/c1-2-18-10(17)16-7-8-3-5-9(6-4-8)19(11,12,13,14)15/h3-6H,2,7H2,1H3,(H,16,17). The summed E-state index contributed by atoms with van der Waals surface area (Å²) in [4.78, 5) is 8.96. The lowest BCUT2D eigenvalue weighted by atomic mass is 10.2. The number of hydrogen-bond donors (Lipinski definition) is 1. The molecule has 0 atom stereocenters. The van der Waals surface area contributed by atoms with E-state index in [2.05, 4.69) is 10.1 Å². The lowest BCUT2D eigenvalue weighted by molar-refractivity contribution is 0.151. The molecule has 110 valence electrons. The van der Waals surface area contributed by atoms with E-state index in [1.807, 2.05) is 0 Å². The van der Waals surface area contributed by atoms with Crippen molar-refractivity contribution in [2.24, 2.45) is 0 Å². The summed E-state index contributed by atoms with van der Waals surface area (Å²) in [5.41, 5.74) is 0.249. The number of halogens is 5. The zero-order valence-electron chi connectivity index (χ0n) is 9.84. The molecule has 19 heavy (non-hydrogen) atoms. The zero-order chi connectivity index (χ0) is 14.8. The summed E-state index contributed by atoms with van der Waals surface area (Å²) < 4.78 is 66.5. The van der Waals surface area contributed by atoms with Gasteiger partial charge in [-0.3, -0.25) is 0 Å². The lowest BCUT2D eigenvalue weighted by Gasteiger charge is -2.40. The van der Waals surface area contributed by atoms with Crippen LogP contribution in [0.15, 0.2) is 29.2 Å². The van der Waals surface area contributed by atoms with Crippen LogP contribution in [0.3, 0.4) is 0 Å². The Labute approximate surface area is 106 Å². The summed E-state index contributed by atoms with van der Waals surface area (Å²) >= 11 is 0. The average molecular weight is 305 g/mol. The molecule has 0 aliphatic carbocycles. The lowest BCUT2D eigenvalue weighted by Crippen LogP contribution is -2.23. The molecule has 1 aromatic carbocycles. The molecule has 0 radical (unpaired) electrons. The molecular formula is C10H12F5NO2S. The van der Waals surface area contributed by atoms with E-state index in [1.54, 1.807) is 6.92 Å². The van der Waals surface area contributed by atoms with Gasteiger partial charge in [-0.15, -0.1) is 0 Å². The van der Waals surface area contributed by atoms with E-state index in [4.69, 9.17) is 0 Å². The van der Waals surface area contributed by atoms with Crippen LogP contribution in [0.1, 0.15) is 12.5 Å². The van der Waals surface area contributed by atoms with Crippen LogP contribution in [-0.2, 0) is 11.3 Å². The highest BCUT2D eigenvalue weighted by Crippen LogP contribution is 3.02. The van der Waals surface area contributed by atoms with Gasteiger partial charge < -0.3 is 10.1 Å². The maximum absolute atomic E-state index is 12.4. The first-order valence-corrected chi connectivity index (χ1v) is 7.11. The first kappa shape index (κ1) is 15.5. The number of carbonyl (C=O) groups is 1.